The number of halogens is 1. The zero-order chi connectivity index (χ0) is 20.8. The normalized spacial score (nSPS) is 15.6. The summed E-state index contributed by atoms with van der Waals surface area (Å²) < 4.78 is 7.87. The molecule has 0 saturated heterocycles. The van der Waals surface area contributed by atoms with Crippen LogP contribution in [-0.4, -0.2) is 39.9 Å². The number of hydrogen-bond acceptors (Lipinski definition) is 4. The minimum absolute atomic E-state index is 0. The van der Waals surface area contributed by atoms with Gasteiger partial charge in [-0.2, -0.15) is 5.10 Å². The maximum Gasteiger partial charge on any atom is 0.213 e. The molecular formula is C22H35IN6O. The van der Waals surface area contributed by atoms with E-state index in [2.05, 4.69) is 52.5 Å². The van der Waals surface area contributed by atoms with E-state index in [4.69, 9.17) is 4.74 Å². The van der Waals surface area contributed by atoms with Crippen molar-refractivity contribution < 1.29 is 4.74 Å². The van der Waals surface area contributed by atoms with Crippen LogP contribution in [-0.2, 0) is 20.0 Å². The van der Waals surface area contributed by atoms with Gasteiger partial charge in [0.05, 0.1) is 5.69 Å². The summed E-state index contributed by atoms with van der Waals surface area (Å²) in [5, 5.41) is 11.3. The van der Waals surface area contributed by atoms with Gasteiger partial charge >= 0.3 is 0 Å². The fourth-order valence-corrected chi connectivity index (χ4v) is 3.85. The minimum atomic E-state index is 0. The Hall–Kier alpha value is -1.84. The van der Waals surface area contributed by atoms with Gasteiger partial charge in [0.1, 0.15) is 6.10 Å². The molecule has 2 N–H and O–H groups in total. The number of nitrogens with one attached hydrogen (secondary N) is 2. The molecule has 0 aromatic carbocycles. The summed E-state index contributed by atoms with van der Waals surface area (Å²) in [5.74, 6) is 1.50. The predicted molar refractivity (Wildman–Crippen MR) is 132 cm³/mol. The molecule has 0 aliphatic heterocycles. The third-order valence-corrected chi connectivity index (χ3v) is 5.62. The van der Waals surface area contributed by atoms with E-state index in [0.29, 0.717) is 12.6 Å². The van der Waals surface area contributed by atoms with Gasteiger partial charge in [-0.15, -0.1) is 24.0 Å². The van der Waals surface area contributed by atoms with Crippen molar-refractivity contribution in [1.29, 1.82) is 0 Å². The summed E-state index contributed by atoms with van der Waals surface area (Å²) in [6.45, 7) is 7.00. The molecular weight excluding hydrogens is 491 g/mol. The van der Waals surface area contributed by atoms with Crippen molar-refractivity contribution in [3.8, 4) is 5.88 Å². The molecule has 0 spiro atoms. The summed E-state index contributed by atoms with van der Waals surface area (Å²) in [6, 6.07) is 4.26. The highest BCUT2D eigenvalue weighted by Gasteiger charge is 2.17. The molecule has 1 aliphatic rings. The van der Waals surface area contributed by atoms with E-state index in [-0.39, 0.29) is 30.0 Å². The van der Waals surface area contributed by atoms with Crippen LogP contribution in [0.25, 0.3) is 0 Å². The highest BCUT2D eigenvalue weighted by Crippen LogP contribution is 2.22. The first-order valence-electron chi connectivity index (χ1n) is 10.5. The predicted octanol–water partition coefficient (Wildman–Crippen LogP) is 3.67. The molecule has 2 aromatic heterocycles. The number of hydrogen-bond donors (Lipinski definition) is 2. The Bertz CT molecular complexity index is 827. The van der Waals surface area contributed by atoms with Crippen LogP contribution in [0.4, 0.5) is 0 Å². The molecule has 7 nitrogen and oxygen atoms in total. The molecule has 1 saturated carbocycles. The largest absolute Gasteiger partial charge is 0.474 e. The number of aryl methyl sites for hydroxylation is 2. The Labute approximate surface area is 197 Å². The van der Waals surface area contributed by atoms with Gasteiger partial charge in [0, 0.05) is 44.6 Å². The van der Waals surface area contributed by atoms with Crippen molar-refractivity contribution in [1.82, 2.24) is 25.4 Å². The van der Waals surface area contributed by atoms with Crippen LogP contribution < -0.4 is 15.4 Å². The van der Waals surface area contributed by atoms with E-state index in [1.54, 1.807) is 7.05 Å². The van der Waals surface area contributed by atoms with E-state index in [0.717, 1.165) is 42.4 Å². The molecule has 0 amide bonds. The third kappa shape index (κ3) is 6.58. The molecule has 166 valence electrons. The number of nitrogens with zero attached hydrogens (tertiary/aromatic N) is 4. The number of rotatable bonds is 7. The molecule has 1 atom stereocenters. The maximum absolute atomic E-state index is 5.93. The molecule has 0 radical (unpaired) electrons. The van der Waals surface area contributed by atoms with Crippen LogP contribution in [0.5, 0.6) is 5.88 Å². The van der Waals surface area contributed by atoms with Crippen molar-refractivity contribution in [2.24, 2.45) is 12.0 Å². The SMILES string of the molecule is CN=C(NCc1ccc(OC2CCCC2)nc1)NC(C)Cc1c(C)nn(C)c1C.I. The average molecular weight is 526 g/mol. The number of aliphatic imine (C=N–C) groups is 1. The quantitative estimate of drug-likeness (QED) is 0.327. The van der Waals surface area contributed by atoms with E-state index in [1.165, 1.54) is 24.1 Å². The van der Waals surface area contributed by atoms with Gasteiger partial charge in [0.25, 0.3) is 0 Å². The van der Waals surface area contributed by atoms with Gasteiger partial charge in [0.2, 0.25) is 5.88 Å². The molecule has 1 aliphatic carbocycles. The van der Waals surface area contributed by atoms with Crippen LogP contribution in [0, 0.1) is 13.8 Å². The summed E-state index contributed by atoms with van der Waals surface area (Å²) in [7, 11) is 3.78. The standard InChI is InChI=1S/C22H34N6O.HI/c1-15(12-20-16(2)27-28(5)17(20)3)26-22(23-4)25-14-18-10-11-21(24-13-18)29-19-8-6-7-9-19;/h10-11,13,15,19H,6-9,12,14H2,1-5H3,(H2,23,25,26);1H. The Kier molecular flexibility index (Phi) is 9.38. The summed E-state index contributed by atoms with van der Waals surface area (Å²) in [6.07, 6.45) is 7.92. The van der Waals surface area contributed by atoms with Gasteiger partial charge in [-0.25, -0.2) is 4.98 Å². The number of pyridine rings is 1. The summed E-state index contributed by atoms with van der Waals surface area (Å²) >= 11 is 0. The van der Waals surface area contributed by atoms with Gasteiger partial charge in [-0.1, -0.05) is 6.07 Å². The molecule has 0 bridgehead atoms. The van der Waals surface area contributed by atoms with Crippen LogP contribution in [0.2, 0.25) is 0 Å². The highest BCUT2D eigenvalue weighted by atomic mass is 127. The maximum atomic E-state index is 5.93. The van der Waals surface area contributed by atoms with Crippen LogP contribution in [0.1, 0.15) is 55.1 Å². The summed E-state index contributed by atoms with van der Waals surface area (Å²) in [5.41, 5.74) is 4.70. The second kappa shape index (κ2) is 11.5. The first kappa shape index (κ1) is 24.4. The van der Waals surface area contributed by atoms with Crippen LogP contribution in [0.3, 0.4) is 0 Å². The smallest absolute Gasteiger partial charge is 0.213 e. The van der Waals surface area contributed by atoms with Gasteiger partial charge in [-0.05, 0) is 64.0 Å². The second-order valence-electron chi connectivity index (χ2n) is 7.98. The van der Waals surface area contributed by atoms with E-state index in [1.807, 2.05) is 24.0 Å². The Morgan fingerprint density at radius 2 is 2.03 bits per heavy atom. The molecule has 2 heterocycles. The lowest BCUT2D eigenvalue weighted by Gasteiger charge is -2.18. The topological polar surface area (TPSA) is 76.4 Å². The number of guanidine groups is 1. The van der Waals surface area contributed by atoms with Crippen molar-refractivity contribution in [3.63, 3.8) is 0 Å². The van der Waals surface area contributed by atoms with Gasteiger partial charge in [-0.3, -0.25) is 9.67 Å². The lowest BCUT2D eigenvalue weighted by molar-refractivity contribution is 0.201. The fourth-order valence-electron chi connectivity index (χ4n) is 3.85. The zero-order valence-corrected chi connectivity index (χ0v) is 21.1. The van der Waals surface area contributed by atoms with Crippen molar-refractivity contribution in [2.75, 3.05) is 7.05 Å². The Morgan fingerprint density at radius 3 is 2.60 bits per heavy atom. The van der Waals surface area contributed by atoms with Crippen LogP contribution in [0.15, 0.2) is 23.3 Å². The lowest BCUT2D eigenvalue weighted by Crippen LogP contribution is -2.42. The van der Waals surface area contributed by atoms with Crippen molar-refractivity contribution in [3.05, 3.63) is 40.8 Å². The van der Waals surface area contributed by atoms with Gasteiger partial charge in [0.15, 0.2) is 5.96 Å². The van der Waals surface area contributed by atoms with Crippen LogP contribution >= 0.6 is 24.0 Å². The Morgan fingerprint density at radius 1 is 1.30 bits per heavy atom. The monoisotopic (exact) mass is 526 g/mol. The lowest BCUT2D eigenvalue weighted by atomic mass is 10.1. The molecule has 3 rings (SSSR count). The van der Waals surface area contributed by atoms with E-state index >= 15 is 0 Å². The zero-order valence-electron chi connectivity index (χ0n) is 18.7. The second-order valence-corrected chi connectivity index (χ2v) is 7.98. The van der Waals surface area contributed by atoms with Crippen molar-refractivity contribution in [2.45, 2.75) is 71.6 Å². The third-order valence-electron chi connectivity index (χ3n) is 5.62. The number of ether oxygens (including phenoxy) is 1. The highest BCUT2D eigenvalue weighted by molar-refractivity contribution is 14.0. The molecule has 2 aromatic rings. The van der Waals surface area contributed by atoms with Crippen molar-refractivity contribution >= 4 is 29.9 Å². The first-order valence-corrected chi connectivity index (χ1v) is 10.5. The fraction of sp³-hybridized carbons (Fsp3) is 0.591. The molecule has 30 heavy (non-hydrogen) atoms. The Balaban J connectivity index is 0.00000320. The molecule has 8 heteroatoms. The van der Waals surface area contributed by atoms with Gasteiger partial charge < -0.3 is 15.4 Å². The molecule has 1 fully saturated rings. The number of aromatic nitrogens is 3. The van der Waals surface area contributed by atoms with E-state index in [9.17, 15) is 0 Å². The first-order chi connectivity index (χ1) is 14.0. The minimum Gasteiger partial charge on any atom is -0.474 e. The van der Waals surface area contributed by atoms with E-state index < -0.39 is 0 Å². The summed E-state index contributed by atoms with van der Waals surface area (Å²) in [4.78, 5) is 8.80. The molecule has 1 unspecified atom stereocenters. The average Bonchev–Trinajstić information content (AvgIpc) is 3.30.